The number of thioether (sulfide) groups is 2. The first kappa shape index (κ1) is 13.1. The summed E-state index contributed by atoms with van der Waals surface area (Å²) in [5.74, 6) is 2.82. The van der Waals surface area contributed by atoms with Crippen molar-refractivity contribution >= 4 is 23.5 Å². The van der Waals surface area contributed by atoms with Crippen molar-refractivity contribution < 1.29 is 0 Å². The second-order valence-electron chi connectivity index (χ2n) is 5.26. The van der Waals surface area contributed by atoms with E-state index in [0.29, 0.717) is 0 Å². The zero-order valence-corrected chi connectivity index (χ0v) is 12.1. The van der Waals surface area contributed by atoms with Crippen LogP contribution in [0.3, 0.4) is 0 Å². The van der Waals surface area contributed by atoms with E-state index in [-0.39, 0.29) is 0 Å². The van der Waals surface area contributed by atoms with Crippen LogP contribution in [0.15, 0.2) is 0 Å². The summed E-state index contributed by atoms with van der Waals surface area (Å²) < 4.78 is 0. The number of hydrogen-bond acceptors (Lipinski definition) is 2. The Morgan fingerprint density at radius 1 is 0.562 bits per heavy atom. The fourth-order valence-corrected chi connectivity index (χ4v) is 5.66. The molecule has 16 heavy (non-hydrogen) atoms. The predicted molar refractivity (Wildman–Crippen MR) is 78.7 cm³/mol. The van der Waals surface area contributed by atoms with E-state index in [1.165, 1.54) is 75.7 Å². The summed E-state index contributed by atoms with van der Waals surface area (Å²) in [6, 6.07) is 0. The molecule has 0 nitrogen and oxygen atoms in total. The summed E-state index contributed by atoms with van der Waals surface area (Å²) in [7, 11) is 0. The molecular weight excluding hydrogens is 232 g/mol. The molecule has 0 aromatic heterocycles. The SMILES string of the molecule is C1CCC(SCCSC2CCCCC2)CC1. The van der Waals surface area contributed by atoms with Gasteiger partial charge in [0, 0.05) is 22.0 Å². The molecule has 0 unspecified atom stereocenters. The molecule has 2 rings (SSSR count). The van der Waals surface area contributed by atoms with E-state index in [1.807, 2.05) is 0 Å². The van der Waals surface area contributed by atoms with Crippen molar-refractivity contribution in [2.45, 2.75) is 74.7 Å². The molecule has 0 N–H and O–H groups in total. The van der Waals surface area contributed by atoms with Gasteiger partial charge in [-0.3, -0.25) is 0 Å². The Morgan fingerprint density at radius 3 is 1.31 bits per heavy atom. The minimum Gasteiger partial charge on any atom is -0.158 e. The number of rotatable bonds is 5. The minimum atomic E-state index is 1.01. The molecular formula is C14H26S2. The lowest BCUT2D eigenvalue weighted by Crippen LogP contribution is -2.11. The molecule has 0 amide bonds. The van der Waals surface area contributed by atoms with E-state index < -0.39 is 0 Å². The monoisotopic (exact) mass is 258 g/mol. The second-order valence-corrected chi connectivity index (χ2v) is 8.08. The molecule has 2 fully saturated rings. The maximum Gasteiger partial charge on any atom is 0.00473 e. The van der Waals surface area contributed by atoms with Crippen LogP contribution in [0.25, 0.3) is 0 Å². The molecule has 0 aromatic carbocycles. The molecule has 0 saturated heterocycles. The summed E-state index contributed by atoms with van der Waals surface area (Å²) >= 11 is 4.53. The topological polar surface area (TPSA) is 0 Å². The molecule has 0 bridgehead atoms. The summed E-state index contributed by atoms with van der Waals surface area (Å²) in [4.78, 5) is 0. The summed E-state index contributed by atoms with van der Waals surface area (Å²) in [5.41, 5.74) is 0. The van der Waals surface area contributed by atoms with Gasteiger partial charge in [0.15, 0.2) is 0 Å². The van der Waals surface area contributed by atoms with Crippen molar-refractivity contribution in [3.05, 3.63) is 0 Å². The Morgan fingerprint density at radius 2 is 0.938 bits per heavy atom. The average molecular weight is 258 g/mol. The summed E-state index contributed by atoms with van der Waals surface area (Å²) in [6.45, 7) is 0. The maximum absolute atomic E-state index is 2.27. The van der Waals surface area contributed by atoms with Crippen LogP contribution in [-0.2, 0) is 0 Å². The quantitative estimate of drug-likeness (QED) is 0.628. The van der Waals surface area contributed by atoms with E-state index in [1.54, 1.807) is 0 Å². The van der Waals surface area contributed by atoms with Crippen molar-refractivity contribution in [3.63, 3.8) is 0 Å². The van der Waals surface area contributed by atoms with E-state index in [2.05, 4.69) is 23.5 Å². The zero-order valence-electron chi connectivity index (χ0n) is 10.5. The van der Waals surface area contributed by atoms with Gasteiger partial charge in [-0.25, -0.2) is 0 Å². The van der Waals surface area contributed by atoms with E-state index >= 15 is 0 Å². The van der Waals surface area contributed by atoms with Crippen LogP contribution >= 0.6 is 23.5 Å². The zero-order chi connectivity index (χ0) is 11.1. The number of hydrogen-bond donors (Lipinski definition) is 0. The van der Waals surface area contributed by atoms with Crippen molar-refractivity contribution in [1.29, 1.82) is 0 Å². The third-order valence-electron chi connectivity index (χ3n) is 3.89. The highest BCUT2D eigenvalue weighted by Crippen LogP contribution is 2.31. The molecule has 0 spiro atoms. The fraction of sp³-hybridized carbons (Fsp3) is 1.00. The third-order valence-corrected chi connectivity index (χ3v) is 6.92. The first-order chi connectivity index (χ1) is 7.95. The smallest absolute Gasteiger partial charge is 0.00473 e. The van der Waals surface area contributed by atoms with Gasteiger partial charge in [0.05, 0.1) is 0 Å². The Labute approximate surface area is 110 Å². The molecule has 2 heteroatoms. The van der Waals surface area contributed by atoms with Crippen LogP contribution in [0.4, 0.5) is 0 Å². The van der Waals surface area contributed by atoms with Crippen LogP contribution in [-0.4, -0.2) is 22.0 Å². The van der Waals surface area contributed by atoms with Gasteiger partial charge in [0.2, 0.25) is 0 Å². The predicted octanol–water partition coefficient (Wildman–Crippen LogP) is 5.12. The van der Waals surface area contributed by atoms with Crippen molar-refractivity contribution in [1.82, 2.24) is 0 Å². The molecule has 0 aromatic rings. The van der Waals surface area contributed by atoms with Gasteiger partial charge in [0.1, 0.15) is 0 Å². The van der Waals surface area contributed by atoms with Gasteiger partial charge < -0.3 is 0 Å². The normalized spacial score (nSPS) is 24.8. The maximum atomic E-state index is 2.27. The van der Waals surface area contributed by atoms with Crippen LogP contribution in [0, 0.1) is 0 Å². The fourth-order valence-electron chi connectivity index (χ4n) is 2.89. The van der Waals surface area contributed by atoms with Gasteiger partial charge in [-0.05, 0) is 25.7 Å². The van der Waals surface area contributed by atoms with Crippen LogP contribution in [0.1, 0.15) is 64.2 Å². The van der Waals surface area contributed by atoms with Gasteiger partial charge in [-0.15, -0.1) is 0 Å². The highest BCUT2D eigenvalue weighted by molar-refractivity contribution is 8.03. The van der Waals surface area contributed by atoms with E-state index in [0.717, 1.165) is 10.5 Å². The molecule has 0 atom stereocenters. The molecule has 94 valence electrons. The first-order valence-corrected chi connectivity index (χ1v) is 9.28. The second kappa shape index (κ2) is 7.92. The Bertz CT molecular complexity index is 150. The third kappa shape index (κ3) is 4.91. The lowest BCUT2D eigenvalue weighted by molar-refractivity contribution is 0.515. The average Bonchev–Trinajstić information content (AvgIpc) is 2.37. The largest absolute Gasteiger partial charge is 0.158 e. The Kier molecular flexibility index (Phi) is 6.50. The van der Waals surface area contributed by atoms with Gasteiger partial charge in [-0.1, -0.05) is 38.5 Å². The van der Waals surface area contributed by atoms with Crippen molar-refractivity contribution in [2.24, 2.45) is 0 Å². The summed E-state index contributed by atoms with van der Waals surface area (Å²) in [6.07, 6.45) is 15.0. The lowest BCUT2D eigenvalue weighted by Gasteiger charge is -2.23. The van der Waals surface area contributed by atoms with Crippen LogP contribution in [0.5, 0.6) is 0 Å². The van der Waals surface area contributed by atoms with Crippen LogP contribution in [0.2, 0.25) is 0 Å². The molecule has 0 aliphatic heterocycles. The van der Waals surface area contributed by atoms with E-state index in [4.69, 9.17) is 0 Å². The Balaban J connectivity index is 1.47. The molecule has 2 aliphatic rings. The van der Waals surface area contributed by atoms with Gasteiger partial charge in [0.25, 0.3) is 0 Å². The summed E-state index contributed by atoms with van der Waals surface area (Å²) in [5, 5.41) is 2.03. The highest BCUT2D eigenvalue weighted by Gasteiger charge is 2.15. The van der Waals surface area contributed by atoms with Gasteiger partial charge in [-0.2, -0.15) is 23.5 Å². The van der Waals surface area contributed by atoms with Crippen molar-refractivity contribution in [3.8, 4) is 0 Å². The minimum absolute atomic E-state index is 1.01. The molecule has 2 saturated carbocycles. The van der Waals surface area contributed by atoms with E-state index in [9.17, 15) is 0 Å². The Hall–Kier alpha value is 0.700. The highest BCUT2D eigenvalue weighted by atomic mass is 32.2. The molecule has 0 heterocycles. The molecule has 0 radical (unpaired) electrons. The first-order valence-electron chi connectivity index (χ1n) is 7.18. The van der Waals surface area contributed by atoms with Crippen molar-refractivity contribution in [2.75, 3.05) is 11.5 Å². The lowest BCUT2D eigenvalue weighted by atomic mass is 10.0. The molecule has 2 aliphatic carbocycles. The van der Waals surface area contributed by atoms with Gasteiger partial charge >= 0.3 is 0 Å². The standard InChI is InChI=1S/C14H26S2/c1-3-7-13(8-4-1)15-11-12-16-14-9-5-2-6-10-14/h13-14H,1-12H2. The van der Waals surface area contributed by atoms with Crippen LogP contribution < -0.4 is 0 Å².